The van der Waals surface area contributed by atoms with Crippen molar-refractivity contribution in [3.8, 4) is 0 Å². The summed E-state index contributed by atoms with van der Waals surface area (Å²) < 4.78 is 5.26. The molecule has 6 heteroatoms. The summed E-state index contributed by atoms with van der Waals surface area (Å²) in [5.74, 6) is -0.490. The van der Waals surface area contributed by atoms with Crippen LogP contribution in [0, 0.1) is 0 Å². The lowest BCUT2D eigenvalue weighted by molar-refractivity contribution is -0.143. The maximum Gasteiger partial charge on any atom is 0.305 e. The molecule has 0 aromatic heterocycles. The zero-order valence-electron chi connectivity index (χ0n) is 19.8. The second kappa shape index (κ2) is 14.8. The summed E-state index contributed by atoms with van der Waals surface area (Å²) in [5.41, 5.74) is 2.37. The van der Waals surface area contributed by atoms with Crippen molar-refractivity contribution >= 4 is 23.5 Å². The van der Waals surface area contributed by atoms with Crippen LogP contribution in [0.15, 0.2) is 54.6 Å². The van der Waals surface area contributed by atoms with Crippen LogP contribution in [0.25, 0.3) is 0 Å². The number of nitrogens with one attached hydrogen (secondary N) is 1. The molecule has 0 radical (unpaired) electrons. The molecule has 0 bridgehead atoms. The molecule has 0 aliphatic rings. The van der Waals surface area contributed by atoms with Crippen molar-refractivity contribution in [1.82, 2.24) is 4.90 Å². The Labute approximate surface area is 197 Å². The maximum absolute atomic E-state index is 12.8. The summed E-state index contributed by atoms with van der Waals surface area (Å²) >= 11 is 0. The third-order valence-corrected chi connectivity index (χ3v) is 5.17. The summed E-state index contributed by atoms with van der Waals surface area (Å²) in [5, 5.41) is 2.82. The number of carbonyl (C=O) groups excluding carboxylic acids is 3. The lowest BCUT2D eigenvalue weighted by Crippen LogP contribution is -2.32. The average Bonchev–Trinajstić information content (AvgIpc) is 2.82. The van der Waals surface area contributed by atoms with Crippen LogP contribution in [-0.4, -0.2) is 42.4 Å². The van der Waals surface area contributed by atoms with Crippen LogP contribution in [0.5, 0.6) is 0 Å². The molecule has 0 heterocycles. The molecule has 2 aromatic rings. The van der Waals surface area contributed by atoms with Crippen molar-refractivity contribution in [2.24, 2.45) is 0 Å². The van der Waals surface area contributed by atoms with Crippen LogP contribution in [0.2, 0.25) is 0 Å². The van der Waals surface area contributed by atoms with E-state index in [1.54, 1.807) is 24.3 Å². The first kappa shape index (κ1) is 26.1. The first-order valence-corrected chi connectivity index (χ1v) is 11.9. The quantitative estimate of drug-likeness (QED) is 0.314. The Morgan fingerprint density at radius 1 is 0.879 bits per heavy atom. The normalized spacial score (nSPS) is 10.5. The third-order valence-electron chi connectivity index (χ3n) is 5.17. The van der Waals surface area contributed by atoms with Gasteiger partial charge in [0.2, 0.25) is 5.91 Å². The number of nitrogens with zero attached hydrogens (tertiary/aromatic N) is 1. The molecule has 0 saturated heterocycles. The number of carbonyl (C=O) groups is 3. The summed E-state index contributed by atoms with van der Waals surface area (Å²) in [6.45, 7) is 5.91. The highest BCUT2D eigenvalue weighted by Crippen LogP contribution is 2.14. The lowest BCUT2D eigenvalue weighted by atomic mass is 10.1. The van der Waals surface area contributed by atoms with E-state index in [1.807, 2.05) is 36.9 Å². The van der Waals surface area contributed by atoms with E-state index >= 15 is 0 Å². The number of anilines is 1. The van der Waals surface area contributed by atoms with E-state index in [-0.39, 0.29) is 30.6 Å². The molecule has 0 aliphatic carbocycles. The second-order valence-electron chi connectivity index (χ2n) is 8.08. The van der Waals surface area contributed by atoms with Gasteiger partial charge in [-0.1, -0.05) is 50.2 Å². The standard InChI is InChI=1S/C27H36N2O4/c1-3-18-29(19-4-2)27(32)23-14-8-15-24(21-23)28-25(30)16-9-17-26(31)33-20-10-13-22-11-6-5-7-12-22/h5-8,11-12,14-15,21H,3-4,9-10,13,16-20H2,1-2H3,(H,28,30). The molecule has 2 aromatic carbocycles. The summed E-state index contributed by atoms with van der Waals surface area (Å²) in [7, 11) is 0. The van der Waals surface area contributed by atoms with E-state index in [1.165, 1.54) is 5.56 Å². The monoisotopic (exact) mass is 452 g/mol. The van der Waals surface area contributed by atoms with Gasteiger partial charge in [-0.25, -0.2) is 0 Å². The molecule has 0 aliphatic heterocycles. The van der Waals surface area contributed by atoms with E-state index in [9.17, 15) is 14.4 Å². The van der Waals surface area contributed by atoms with Crippen molar-refractivity contribution in [2.75, 3.05) is 25.0 Å². The van der Waals surface area contributed by atoms with Gasteiger partial charge in [-0.05, 0) is 55.9 Å². The van der Waals surface area contributed by atoms with Gasteiger partial charge in [0.15, 0.2) is 0 Å². The lowest BCUT2D eigenvalue weighted by Gasteiger charge is -2.21. The molecule has 6 nitrogen and oxygen atoms in total. The van der Waals surface area contributed by atoms with E-state index in [0.29, 0.717) is 37.4 Å². The smallest absolute Gasteiger partial charge is 0.305 e. The number of hydrogen-bond donors (Lipinski definition) is 1. The highest BCUT2D eigenvalue weighted by Gasteiger charge is 2.15. The molecular weight excluding hydrogens is 416 g/mol. The summed E-state index contributed by atoms with van der Waals surface area (Å²) in [6, 6.07) is 17.1. The van der Waals surface area contributed by atoms with Gasteiger partial charge in [0.05, 0.1) is 6.61 Å². The van der Waals surface area contributed by atoms with Crippen molar-refractivity contribution in [3.63, 3.8) is 0 Å². The van der Waals surface area contributed by atoms with Gasteiger partial charge < -0.3 is 15.0 Å². The molecule has 0 spiro atoms. The molecule has 1 N–H and O–H groups in total. The molecule has 0 saturated carbocycles. The predicted molar refractivity (Wildman–Crippen MR) is 131 cm³/mol. The first-order valence-electron chi connectivity index (χ1n) is 11.9. The van der Waals surface area contributed by atoms with E-state index in [0.717, 1.165) is 25.7 Å². The minimum atomic E-state index is -0.282. The zero-order chi connectivity index (χ0) is 23.9. The number of esters is 1. The molecule has 2 rings (SSSR count). The highest BCUT2D eigenvalue weighted by molar-refractivity contribution is 5.97. The molecule has 0 fully saturated rings. The van der Waals surface area contributed by atoms with E-state index in [4.69, 9.17) is 4.74 Å². The highest BCUT2D eigenvalue weighted by atomic mass is 16.5. The van der Waals surface area contributed by atoms with E-state index < -0.39 is 0 Å². The van der Waals surface area contributed by atoms with Gasteiger partial charge in [-0.2, -0.15) is 0 Å². The predicted octanol–water partition coefficient (Wildman–Crippen LogP) is 5.23. The molecule has 178 valence electrons. The van der Waals surface area contributed by atoms with Crippen molar-refractivity contribution < 1.29 is 19.1 Å². The first-order chi connectivity index (χ1) is 16.0. The Bertz CT molecular complexity index is 877. The van der Waals surface area contributed by atoms with Gasteiger partial charge >= 0.3 is 5.97 Å². The zero-order valence-corrected chi connectivity index (χ0v) is 19.8. The van der Waals surface area contributed by atoms with Crippen LogP contribution in [0.4, 0.5) is 5.69 Å². The number of rotatable bonds is 14. The number of benzene rings is 2. The Balaban J connectivity index is 1.70. The third kappa shape index (κ3) is 9.89. The van der Waals surface area contributed by atoms with Gasteiger partial charge in [0, 0.05) is 37.2 Å². The van der Waals surface area contributed by atoms with Crippen LogP contribution in [-0.2, 0) is 20.7 Å². The Morgan fingerprint density at radius 2 is 1.61 bits per heavy atom. The SMILES string of the molecule is CCCN(CCC)C(=O)c1cccc(NC(=O)CCCC(=O)OCCCc2ccccc2)c1. The largest absolute Gasteiger partial charge is 0.466 e. The Morgan fingerprint density at radius 3 is 2.30 bits per heavy atom. The van der Waals surface area contributed by atoms with Crippen molar-refractivity contribution in [2.45, 2.75) is 58.8 Å². The second-order valence-corrected chi connectivity index (χ2v) is 8.08. The fourth-order valence-electron chi connectivity index (χ4n) is 3.56. The van der Waals surface area contributed by atoms with Crippen molar-refractivity contribution in [3.05, 3.63) is 65.7 Å². The fraction of sp³-hybridized carbons (Fsp3) is 0.444. The van der Waals surface area contributed by atoms with Gasteiger partial charge in [-0.3, -0.25) is 14.4 Å². The molecule has 33 heavy (non-hydrogen) atoms. The number of aryl methyl sites for hydroxylation is 1. The van der Waals surface area contributed by atoms with Gasteiger partial charge in [0.1, 0.15) is 0 Å². The molecule has 0 atom stereocenters. The maximum atomic E-state index is 12.8. The Kier molecular flexibility index (Phi) is 11.7. The Hall–Kier alpha value is -3.15. The molecule has 0 unspecified atom stereocenters. The van der Waals surface area contributed by atoms with Gasteiger partial charge in [-0.15, -0.1) is 0 Å². The summed E-state index contributed by atoms with van der Waals surface area (Å²) in [6.07, 6.45) is 4.29. The van der Waals surface area contributed by atoms with Crippen LogP contribution in [0.1, 0.15) is 68.3 Å². The van der Waals surface area contributed by atoms with Crippen LogP contribution >= 0.6 is 0 Å². The minimum Gasteiger partial charge on any atom is -0.466 e. The minimum absolute atomic E-state index is 0.0233. The average molecular weight is 453 g/mol. The summed E-state index contributed by atoms with van der Waals surface area (Å²) in [4.78, 5) is 38.8. The van der Waals surface area contributed by atoms with Crippen LogP contribution < -0.4 is 5.32 Å². The number of amides is 2. The van der Waals surface area contributed by atoms with Crippen LogP contribution in [0.3, 0.4) is 0 Å². The van der Waals surface area contributed by atoms with Crippen molar-refractivity contribution in [1.29, 1.82) is 0 Å². The molecular formula is C27H36N2O4. The van der Waals surface area contributed by atoms with Gasteiger partial charge in [0.25, 0.3) is 5.91 Å². The number of hydrogen-bond acceptors (Lipinski definition) is 4. The molecule has 2 amide bonds. The van der Waals surface area contributed by atoms with E-state index in [2.05, 4.69) is 17.4 Å². The topological polar surface area (TPSA) is 75.7 Å². The fourth-order valence-corrected chi connectivity index (χ4v) is 3.56. The number of ether oxygens (including phenoxy) is 1.